The number of anilines is 2. The van der Waals surface area contributed by atoms with Crippen molar-refractivity contribution >= 4 is 28.8 Å². The summed E-state index contributed by atoms with van der Waals surface area (Å²) in [6, 6.07) is 5.80. The molecule has 8 nitrogen and oxygen atoms in total. The Labute approximate surface area is 155 Å². The van der Waals surface area contributed by atoms with Gasteiger partial charge in [-0.05, 0) is 49.9 Å². The van der Waals surface area contributed by atoms with E-state index in [1.807, 2.05) is 19.1 Å². The number of hydrogen-bond acceptors (Lipinski definition) is 5. The van der Waals surface area contributed by atoms with Crippen molar-refractivity contribution in [1.29, 1.82) is 0 Å². The molecule has 1 aromatic carbocycles. The molecule has 1 saturated carbocycles. The van der Waals surface area contributed by atoms with Crippen LogP contribution in [0.2, 0.25) is 0 Å². The molecule has 8 heteroatoms. The number of benzene rings is 1. The van der Waals surface area contributed by atoms with Gasteiger partial charge in [-0.25, -0.2) is 9.50 Å². The largest absolute Gasteiger partial charge is 0.366 e. The number of carbonyl (C=O) groups excluding carboxylic acids is 2. The van der Waals surface area contributed by atoms with Crippen molar-refractivity contribution in [3.63, 3.8) is 0 Å². The first-order chi connectivity index (χ1) is 12.9. The Morgan fingerprint density at radius 1 is 1.26 bits per heavy atom. The van der Waals surface area contributed by atoms with Gasteiger partial charge in [0, 0.05) is 23.5 Å². The molecule has 2 amide bonds. The number of rotatable bonds is 5. The van der Waals surface area contributed by atoms with Gasteiger partial charge in [0.25, 0.3) is 11.8 Å². The highest BCUT2D eigenvalue weighted by Crippen LogP contribution is 2.27. The van der Waals surface area contributed by atoms with Crippen LogP contribution in [0.1, 0.15) is 44.7 Å². The van der Waals surface area contributed by atoms with Crippen LogP contribution in [0.5, 0.6) is 0 Å². The number of aryl methyl sites for hydroxylation is 2. The van der Waals surface area contributed by atoms with Gasteiger partial charge >= 0.3 is 0 Å². The molecule has 27 heavy (non-hydrogen) atoms. The molecular weight excluding hydrogens is 344 g/mol. The van der Waals surface area contributed by atoms with Gasteiger partial charge in [0.05, 0.1) is 5.56 Å². The Morgan fingerprint density at radius 2 is 2.04 bits per heavy atom. The fourth-order valence-corrected chi connectivity index (χ4v) is 3.02. The lowest BCUT2D eigenvalue weighted by atomic mass is 10.1. The molecule has 0 radical (unpaired) electrons. The van der Waals surface area contributed by atoms with E-state index in [-0.39, 0.29) is 5.91 Å². The second kappa shape index (κ2) is 6.39. The van der Waals surface area contributed by atoms with Crippen LogP contribution >= 0.6 is 0 Å². The summed E-state index contributed by atoms with van der Waals surface area (Å²) in [6.45, 7) is 3.75. The molecule has 2 heterocycles. The summed E-state index contributed by atoms with van der Waals surface area (Å²) in [6.07, 6.45) is 5.07. The Bertz CT molecular complexity index is 1070. The topological polar surface area (TPSA) is 114 Å². The Morgan fingerprint density at radius 3 is 2.74 bits per heavy atom. The first kappa shape index (κ1) is 17.0. The molecule has 1 fully saturated rings. The number of amides is 2. The second-order valence-corrected chi connectivity index (χ2v) is 6.84. The summed E-state index contributed by atoms with van der Waals surface area (Å²) in [5.74, 6) is -0.0556. The third-order valence-corrected chi connectivity index (χ3v) is 4.76. The zero-order valence-corrected chi connectivity index (χ0v) is 15.1. The van der Waals surface area contributed by atoms with Gasteiger partial charge in [-0.15, -0.1) is 0 Å². The zero-order chi connectivity index (χ0) is 19.1. The monoisotopic (exact) mass is 364 g/mol. The molecule has 0 unspecified atom stereocenters. The quantitative estimate of drug-likeness (QED) is 0.641. The lowest BCUT2D eigenvalue weighted by molar-refractivity contribution is 0.0949. The summed E-state index contributed by atoms with van der Waals surface area (Å²) in [4.78, 5) is 28.3. The summed E-state index contributed by atoms with van der Waals surface area (Å²) in [7, 11) is 0. The molecule has 0 atom stereocenters. The smallest absolute Gasteiger partial charge is 0.251 e. The average molecular weight is 364 g/mol. The minimum absolute atomic E-state index is 0.0803. The average Bonchev–Trinajstić information content (AvgIpc) is 3.38. The van der Waals surface area contributed by atoms with Gasteiger partial charge in [-0.3, -0.25) is 9.59 Å². The molecule has 4 N–H and O–H groups in total. The number of primary amides is 1. The van der Waals surface area contributed by atoms with Crippen LogP contribution in [-0.2, 0) is 0 Å². The lowest BCUT2D eigenvalue weighted by Gasteiger charge is -2.12. The molecule has 2 aromatic heterocycles. The number of nitrogens with two attached hydrogens (primary N) is 1. The SMILES string of the molecule is Cc1ccc(C(=O)NC2CC2)cc1Nc1ncnn2cc(C(N)=O)c(C)c12. The maximum atomic E-state index is 12.3. The predicted molar refractivity (Wildman–Crippen MR) is 101 cm³/mol. The number of aromatic nitrogens is 3. The highest BCUT2D eigenvalue weighted by atomic mass is 16.2. The van der Waals surface area contributed by atoms with Gasteiger partial charge in [0.15, 0.2) is 5.82 Å². The third kappa shape index (κ3) is 3.21. The molecule has 0 bridgehead atoms. The van der Waals surface area contributed by atoms with E-state index in [4.69, 9.17) is 5.73 Å². The Hall–Kier alpha value is -3.42. The van der Waals surface area contributed by atoms with Crippen molar-refractivity contribution in [2.75, 3.05) is 5.32 Å². The highest BCUT2D eigenvalue weighted by molar-refractivity contribution is 5.98. The van der Waals surface area contributed by atoms with E-state index in [1.54, 1.807) is 23.7 Å². The van der Waals surface area contributed by atoms with E-state index in [2.05, 4.69) is 20.7 Å². The van der Waals surface area contributed by atoms with Crippen molar-refractivity contribution in [3.8, 4) is 0 Å². The molecule has 138 valence electrons. The minimum Gasteiger partial charge on any atom is -0.366 e. The van der Waals surface area contributed by atoms with Crippen LogP contribution in [0, 0.1) is 13.8 Å². The van der Waals surface area contributed by atoms with Crippen molar-refractivity contribution < 1.29 is 9.59 Å². The van der Waals surface area contributed by atoms with Crippen molar-refractivity contribution in [1.82, 2.24) is 19.9 Å². The molecular formula is C19H20N6O2. The first-order valence-electron chi connectivity index (χ1n) is 8.75. The van der Waals surface area contributed by atoms with Crippen LogP contribution in [0.25, 0.3) is 5.52 Å². The van der Waals surface area contributed by atoms with Crippen LogP contribution in [0.4, 0.5) is 11.5 Å². The molecule has 0 spiro atoms. The Kier molecular flexibility index (Phi) is 4.02. The van der Waals surface area contributed by atoms with Gasteiger partial charge in [0.2, 0.25) is 0 Å². The van der Waals surface area contributed by atoms with Crippen molar-refractivity contribution in [2.24, 2.45) is 5.73 Å². The molecule has 0 saturated heterocycles. The van der Waals surface area contributed by atoms with Crippen LogP contribution in [-0.4, -0.2) is 32.5 Å². The highest BCUT2D eigenvalue weighted by Gasteiger charge is 2.24. The van der Waals surface area contributed by atoms with Gasteiger partial charge in [0.1, 0.15) is 11.8 Å². The Balaban J connectivity index is 1.71. The maximum Gasteiger partial charge on any atom is 0.251 e. The van der Waals surface area contributed by atoms with Crippen molar-refractivity contribution in [2.45, 2.75) is 32.7 Å². The van der Waals surface area contributed by atoms with Crippen LogP contribution in [0.15, 0.2) is 30.7 Å². The van der Waals surface area contributed by atoms with Gasteiger partial charge in [-0.2, -0.15) is 5.10 Å². The fourth-order valence-electron chi connectivity index (χ4n) is 3.02. The third-order valence-electron chi connectivity index (χ3n) is 4.76. The second-order valence-electron chi connectivity index (χ2n) is 6.84. The maximum absolute atomic E-state index is 12.3. The van der Waals surface area contributed by atoms with E-state index in [1.165, 1.54) is 6.33 Å². The number of nitrogens with zero attached hydrogens (tertiary/aromatic N) is 3. The molecule has 1 aliphatic rings. The minimum atomic E-state index is -0.515. The number of hydrogen-bond donors (Lipinski definition) is 3. The number of fused-ring (bicyclic) bond motifs is 1. The van der Waals surface area contributed by atoms with Crippen molar-refractivity contribution in [3.05, 3.63) is 53.0 Å². The summed E-state index contributed by atoms with van der Waals surface area (Å²) < 4.78 is 1.57. The van der Waals surface area contributed by atoms with Crippen LogP contribution in [0.3, 0.4) is 0 Å². The van der Waals surface area contributed by atoms with E-state index < -0.39 is 5.91 Å². The normalized spacial score (nSPS) is 13.6. The van der Waals surface area contributed by atoms with Gasteiger partial charge < -0.3 is 16.4 Å². The van der Waals surface area contributed by atoms with E-state index in [0.29, 0.717) is 34.1 Å². The van der Waals surface area contributed by atoms with E-state index in [9.17, 15) is 9.59 Å². The van der Waals surface area contributed by atoms with Crippen LogP contribution < -0.4 is 16.4 Å². The van der Waals surface area contributed by atoms with E-state index in [0.717, 1.165) is 24.1 Å². The number of nitrogens with one attached hydrogen (secondary N) is 2. The summed E-state index contributed by atoms with van der Waals surface area (Å²) in [5, 5.41) is 10.4. The van der Waals surface area contributed by atoms with E-state index >= 15 is 0 Å². The number of carbonyl (C=O) groups is 2. The molecule has 4 rings (SSSR count). The molecule has 0 aliphatic heterocycles. The fraction of sp³-hybridized carbons (Fsp3) is 0.263. The lowest BCUT2D eigenvalue weighted by Crippen LogP contribution is -2.25. The summed E-state index contributed by atoms with van der Waals surface area (Å²) in [5.41, 5.74) is 9.52. The first-order valence-corrected chi connectivity index (χ1v) is 8.75. The predicted octanol–water partition coefficient (Wildman–Crippen LogP) is 2.08. The molecule has 1 aliphatic carbocycles. The zero-order valence-electron chi connectivity index (χ0n) is 15.1. The summed E-state index contributed by atoms with van der Waals surface area (Å²) >= 11 is 0. The molecule has 3 aromatic rings. The van der Waals surface area contributed by atoms with Gasteiger partial charge in [-0.1, -0.05) is 6.07 Å². The standard InChI is InChI=1S/C19H20N6O2/c1-10-3-4-12(19(27)23-13-5-6-13)7-15(10)24-18-16-11(2)14(17(20)26)8-25(16)22-9-21-18/h3-4,7-9,13H,5-6H2,1-2H3,(H2,20,26)(H,23,27)(H,21,22,24).